The van der Waals surface area contributed by atoms with E-state index in [0.29, 0.717) is 13.2 Å². The topological polar surface area (TPSA) is 58.8 Å². The van der Waals surface area contributed by atoms with Gasteiger partial charge < -0.3 is 4.52 Å². The van der Waals surface area contributed by atoms with Gasteiger partial charge in [-0.15, -0.1) is 0 Å². The zero-order chi connectivity index (χ0) is 7.78. The van der Waals surface area contributed by atoms with Gasteiger partial charge in [0.05, 0.1) is 6.61 Å². The minimum absolute atomic E-state index is 0.450. The van der Waals surface area contributed by atoms with Crippen molar-refractivity contribution < 1.29 is 9.09 Å². The van der Waals surface area contributed by atoms with E-state index in [1.165, 1.54) is 9.45 Å². The first kappa shape index (κ1) is 8.17. The summed E-state index contributed by atoms with van der Waals surface area (Å²) >= 11 is 0. The Kier molecular flexibility index (Phi) is 2.12. The first-order valence-electron chi connectivity index (χ1n) is 3.02. The van der Waals surface area contributed by atoms with Crippen LogP contribution in [0.15, 0.2) is 0 Å². The van der Waals surface area contributed by atoms with Gasteiger partial charge in [-0.2, -0.15) is 4.78 Å². The summed E-state index contributed by atoms with van der Waals surface area (Å²) in [7, 11) is 0.584. The molecule has 0 aromatic rings. The van der Waals surface area contributed by atoms with E-state index in [1.54, 1.807) is 14.1 Å². The SMILES string of the molecule is CN(C)P1(=O)OCCN1N. The summed E-state index contributed by atoms with van der Waals surface area (Å²) < 4.78 is 19.3. The Morgan fingerprint density at radius 3 is 2.50 bits per heavy atom. The molecule has 60 valence electrons. The minimum atomic E-state index is -2.79. The van der Waals surface area contributed by atoms with E-state index in [0.717, 1.165) is 0 Å². The fourth-order valence-corrected chi connectivity index (χ4v) is 2.29. The van der Waals surface area contributed by atoms with Crippen molar-refractivity contribution in [3.63, 3.8) is 0 Å². The lowest BCUT2D eigenvalue weighted by Crippen LogP contribution is -2.29. The van der Waals surface area contributed by atoms with E-state index in [1.807, 2.05) is 0 Å². The number of hydrogen-bond acceptors (Lipinski definition) is 3. The molecule has 0 bridgehead atoms. The lowest BCUT2D eigenvalue weighted by atomic mass is 10.7. The molecule has 0 spiro atoms. The van der Waals surface area contributed by atoms with Gasteiger partial charge in [-0.05, 0) is 14.1 Å². The molecule has 0 radical (unpaired) electrons. The van der Waals surface area contributed by atoms with Crippen LogP contribution in [0.5, 0.6) is 0 Å². The first-order chi connectivity index (χ1) is 4.57. The number of hydrogen-bond donors (Lipinski definition) is 1. The lowest BCUT2D eigenvalue weighted by Gasteiger charge is -2.23. The molecule has 1 heterocycles. The summed E-state index contributed by atoms with van der Waals surface area (Å²) in [5, 5.41) is 0. The molecular formula is C4H12N3O2P. The van der Waals surface area contributed by atoms with E-state index in [4.69, 9.17) is 10.4 Å². The van der Waals surface area contributed by atoms with Gasteiger partial charge in [0, 0.05) is 6.54 Å². The summed E-state index contributed by atoms with van der Waals surface area (Å²) in [6, 6.07) is 0. The van der Waals surface area contributed by atoms with E-state index in [2.05, 4.69) is 0 Å². The van der Waals surface area contributed by atoms with Gasteiger partial charge >= 0.3 is 7.67 Å². The quantitative estimate of drug-likeness (QED) is 0.433. The maximum absolute atomic E-state index is 11.5. The van der Waals surface area contributed by atoms with Crippen LogP contribution < -0.4 is 5.84 Å². The van der Waals surface area contributed by atoms with E-state index < -0.39 is 7.67 Å². The van der Waals surface area contributed by atoms with Gasteiger partial charge in [0.2, 0.25) is 0 Å². The third-order valence-electron chi connectivity index (χ3n) is 1.41. The van der Waals surface area contributed by atoms with Gasteiger partial charge in [0.1, 0.15) is 0 Å². The van der Waals surface area contributed by atoms with Crippen molar-refractivity contribution in [2.24, 2.45) is 5.84 Å². The number of rotatable bonds is 1. The third-order valence-corrected chi connectivity index (χ3v) is 3.79. The minimum Gasteiger partial charge on any atom is -0.304 e. The number of nitrogens with zero attached hydrogens (tertiary/aromatic N) is 2. The second kappa shape index (κ2) is 2.60. The molecule has 5 nitrogen and oxygen atoms in total. The Hall–Kier alpha value is 0.0700. The normalized spacial score (nSPS) is 35.6. The van der Waals surface area contributed by atoms with Crippen LogP contribution in [-0.2, 0) is 9.09 Å². The van der Waals surface area contributed by atoms with Crippen LogP contribution in [0.2, 0.25) is 0 Å². The highest BCUT2D eigenvalue weighted by Crippen LogP contribution is 2.53. The molecule has 1 aliphatic rings. The predicted octanol–water partition coefficient (Wildman–Crippen LogP) is -0.138. The van der Waals surface area contributed by atoms with Crippen LogP contribution in [0, 0.1) is 0 Å². The van der Waals surface area contributed by atoms with Crippen molar-refractivity contribution >= 4 is 7.67 Å². The van der Waals surface area contributed by atoms with Gasteiger partial charge in [-0.3, -0.25) is 10.4 Å². The van der Waals surface area contributed by atoms with Crippen LogP contribution in [0.25, 0.3) is 0 Å². The fourth-order valence-electron chi connectivity index (χ4n) is 0.799. The largest absolute Gasteiger partial charge is 0.358 e. The summed E-state index contributed by atoms with van der Waals surface area (Å²) in [4.78, 5) is 0. The molecular weight excluding hydrogens is 153 g/mol. The zero-order valence-electron chi connectivity index (χ0n) is 6.15. The Bertz CT molecular complexity index is 172. The zero-order valence-corrected chi connectivity index (χ0v) is 7.04. The highest BCUT2D eigenvalue weighted by molar-refractivity contribution is 7.54. The third kappa shape index (κ3) is 1.11. The molecule has 0 amide bonds. The first-order valence-corrected chi connectivity index (χ1v) is 4.55. The molecule has 0 aromatic carbocycles. The molecule has 0 aliphatic carbocycles. The van der Waals surface area contributed by atoms with Crippen LogP contribution in [0.1, 0.15) is 0 Å². The molecule has 1 rings (SSSR count). The van der Waals surface area contributed by atoms with Gasteiger partial charge in [-0.1, -0.05) is 0 Å². The van der Waals surface area contributed by atoms with Crippen LogP contribution in [0.3, 0.4) is 0 Å². The van der Waals surface area contributed by atoms with Crippen molar-refractivity contribution in [2.75, 3.05) is 27.2 Å². The summed E-state index contributed by atoms with van der Waals surface area (Å²) in [6.45, 7) is 0.988. The molecule has 1 aliphatic heterocycles. The molecule has 2 N–H and O–H groups in total. The summed E-state index contributed by atoms with van der Waals surface area (Å²) in [6.07, 6.45) is 0. The second-order valence-electron chi connectivity index (χ2n) is 2.33. The molecule has 1 saturated heterocycles. The number of nitrogens with two attached hydrogens (primary N) is 1. The summed E-state index contributed by atoms with van der Waals surface area (Å²) in [5.74, 6) is 5.42. The molecule has 1 unspecified atom stereocenters. The van der Waals surface area contributed by atoms with Crippen LogP contribution in [0.4, 0.5) is 0 Å². The molecule has 1 atom stereocenters. The average Bonchev–Trinajstić information content (AvgIpc) is 2.15. The highest BCUT2D eigenvalue weighted by Gasteiger charge is 2.37. The van der Waals surface area contributed by atoms with Crippen molar-refractivity contribution in [1.29, 1.82) is 0 Å². The smallest absolute Gasteiger partial charge is 0.304 e. The maximum Gasteiger partial charge on any atom is 0.358 e. The Morgan fingerprint density at radius 1 is 1.70 bits per heavy atom. The second-order valence-corrected chi connectivity index (χ2v) is 4.89. The van der Waals surface area contributed by atoms with Gasteiger partial charge in [0.25, 0.3) is 0 Å². The van der Waals surface area contributed by atoms with Gasteiger partial charge in [-0.25, -0.2) is 4.67 Å². The Labute approximate surface area is 60.3 Å². The predicted molar refractivity (Wildman–Crippen MR) is 38.1 cm³/mol. The fraction of sp³-hybridized carbons (Fsp3) is 1.00. The average molecular weight is 165 g/mol. The van der Waals surface area contributed by atoms with Crippen LogP contribution in [-0.4, -0.2) is 36.7 Å². The number of hydrazine groups is 1. The molecule has 0 aromatic heterocycles. The van der Waals surface area contributed by atoms with Gasteiger partial charge in [0.15, 0.2) is 0 Å². The van der Waals surface area contributed by atoms with Crippen molar-refractivity contribution in [1.82, 2.24) is 9.45 Å². The molecule has 1 fully saturated rings. The highest BCUT2D eigenvalue weighted by atomic mass is 31.2. The Morgan fingerprint density at radius 2 is 2.30 bits per heavy atom. The van der Waals surface area contributed by atoms with Crippen molar-refractivity contribution in [2.45, 2.75) is 0 Å². The maximum atomic E-state index is 11.5. The molecule has 0 saturated carbocycles. The standard InChI is InChI=1S/C4H12N3O2P/c1-6(2)10(8)7(5)3-4-9-10/h3-5H2,1-2H3. The summed E-state index contributed by atoms with van der Waals surface area (Å²) in [5.41, 5.74) is 0. The van der Waals surface area contributed by atoms with E-state index >= 15 is 0 Å². The monoisotopic (exact) mass is 165 g/mol. The Balaban J connectivity index is 2.76. The molecule has 6 heteroatoms. The van der Waals surface area contributed by atoms with Crippen molar-refractivity contribution in [3.05, 3.63) is 0 Å². The van der Waals surface area contributed by atoms with Crippen molar-refractivity contribution in [3.8, 4) is 0 Å². The van der Waals surface area contributed by atoms with E-state index in [-0.39, 0.29) is 0 Å². The van der Waals surface area contributed by atoms with Crippen LogP contribution >= 0.6 is 7.67 Å². The lowest BCUT2D eigenvalue weighted by molar-refractivity contribution is 0.318. The molecule has 10 heavy (non-hydrogen) atoms. The van der Waals surface area contributed by atoms with E-state index in [9.17, 15) is 4.57 Å².